The van der Waals surface area contributed by atoms with E-state index in [1.165, 1.54) is 19.3 Å². The van der Waals surface area contributed by atoms with Gasteiger partial charge >= 0.3 is 0 Å². The number of aliphatic hydroxyl groups is 1. The second kappa shape index (κ2) is 7.32. The molecule has 0 aliphatic carbocycles. The molecule has 118 valence electrons. The van der Waals surface area contributed by atoms with E-state index in [2.05, 4.69) is 18.7 Å². The van der Waals surface area contributed by atoms with E-state index in [1.807, 2.05) is 6.07 Å². The second-order valence-electron chi connectivity index (χ2n) is 6.21. The number of aliphatic hydroxyl groups excluding tert-OH is 1. The summed E-state index contributed by atoms with van der Waals surface area (Å²) in [5, 5.41) is 12.2. The lowest BCUT2D eigenvalue weighted by Gasteiger charge is -2.46. The molecular formula is C17H25Cl2NO. The predicted octanol–water partition coefficient (Wildman–Crippen LogP) is 4.55. The molecule has 1 saturated heterocycles. The molecule has 0 bridgehead atoms. The molecule has 1 fully saturated rings. The molecule has 1 heterocycles. The number of likely N-dealkylation sites (tertiary alicyclic amines) is 1. The van der Waals surface area contributed by atoms with Crippen LogP contribution in [-0.2, 0) is 6.42 Å². The van der Waals surface area contributed by atoms with Crippen molar-refractivity contribution in [2.45, 2.75) is 57.6 Å². The summed E-state index contributed by atoms with van der Waals surface area (Å²) < 4.78 is 0. The Morgan fingerprint density at radius 2 is 1.90 bits per heavy atom. The highest BCUT2D eigenvalue weighted by molar-refractivity contribution is 6.33. The maximum absolute atomic E-state index is 10.8. The molecule has 0 saturated carbocycles. The van der Waals surface area contributed by atoms with Crippen LogP contribution in [0.15, 0.2) is 18.2 Å². The summed E-state index contributed by atoms with van der Waals surface area (Å²) in [6, 6.07) is 5.44. The van der Waals surface area contributed by atoms with Gasteiger partial charge in [-0.15, -0.1) is 0 Å². The molecule has 1 aliphatic heterocycles. The third-order valence-electron chi connectivity index (χ3n) is 4.93. The first-order valence-corrected chi connectivity index (χ1v) is 8.60. The predicted molar refractivity (Wildman–Crippen MR) is 90.3 cm³/mol. The molecule has 1 aromatic carbocycles. The van der Waals surface area contributed by atoms with Crippen LogP contribution in [0.5, 0.6) is 0 Å². The molecule has 2 unspecified atom stereocenters. The number of piperidine rings is 1. The molecule has 0 amide bonds. The standard InChI is InChI=1S/C17H25Cl2NO/c1-3-17(2,20-9-5-4-6-10-20)16(21)12-13-11-14(18)7-8-15(13)19/h7-8,11,16,21H,3-6,9-10,12H2,1-2H3. The summed E-state index contributed by atoms with van der Waals surface area (Å²) in [5.41, 5.74) is 0.722. The van der Waals surface area contributed by atoms with Crippen LogP contribution >= 0.6 is 23.2 Å². The number of hydrogen-bond donors (Lipinski definition) is 1. The van der Waals surface area contributed by atoms with E-state index in [1.54, 1.807) is 12.1 Å². The first kappa shape index (κ1) is 17.1. The van der Waals surface area contributed by atoms with Crippen LogP contribution in [0.3, 0.4) is 0 Å². The first-order chi connectivity index (χ1) is 9.97. The highest BCUT2D eigenvalue weighted by Gasteiger charge is 2.37. The zero-order valence-corrected chi connectivity index (χ0v) is 14.4. The topological polar surface area (TPSA) is 23.5 Å². The van der Waals surface area contributed by atoms with Crippen LogP contribution in [0.4, 0.5) is 0 Å². The Balaban J connectivity index is 2.15. The van der Waals surface area contributed by atoms with Gasteiger partial charge in [0.1, 0.15) is 0 Å². The highest BCUT2D eigenvalue weighted by Crippen LogP contribution is 2.31. The molecule has 21 heavy (non-hydrogen) atoms. The van der Waals surface area contributed by atoms with Gasteiger partial charge in [0.15, 0.2) is 0 Å². The third-order valence-corrected chi connectivity index (χ3v) is 5.54. The zero-order valence-electron chi connectivity index (χ0n) is 12.9. The Morgan fingerprint density at radius 1 is 1.24 bits per heavy atom. The second-order valence-corrected chi connectivity index (χ2v) is 7.06. The van der Waals surface area contributed by atoms with Gasteiger partial charge in [0.05, 0.1) is 6.10 Å². The van der Waals surface area contributed by atoms with Crippen molar-refractivity contribution in [1.29, 1.82) is 0 Å². The van der Waals surface area contributed by atoms with Crippen molar-refractivity contribution in [3.8, 4) is 0 Å². The van der Waals surface area contributed by atoms with Crippen LogP contribution in [0, 0.1) is 0 Å². The highest BCUT2D eigenvalue weighted by atomic mass is 35.5. The fourth-order valence-corrected chi connectivity index (χ4v) is 3.59. The summed E-state index contributed by atoms with van der Waals surface area (Å²) >= 11 is 12.3. The Kier molecular flexibility index (Phi) is 5.96. The van der Waals surface area contributed by atoms with Gasteiger partial charge < -0.3 is 5.11 Å². The molecule has 1 aromatic rings. The van der Waals surface area contributed by atoms with Crippen molar-refractivity contribution in [1.82, 2.24) is 4.90 Å². The number of hydrogen-bond acceptors (Lipinski definition) is 2. The van der Waals surface area contributed by atoms with Crippen molar-refractivity contribution in [2.75, 3.05) is 13.1 Å². The average Bonchev–Trinajstić information content (AvgIpc) is 2.51. The quantitative estimate of drug-likeness (QED) is 0.856. The van der Waals surface area contributed by atoms with Gasteiger partial charge in [-0.3, -0.25) is 4.90 Å². The largest absolute Gasteiger partial charge is 0.391 e. The van der Waals surface area contributed by atoms with Crippen molar-refractivity contribution in [2.24, 2.45) is 0 Å². The number of nitrogens with zero attached hydrogens (tertiary/aromatic N) is 1. The smallest absolute Gasteiger partial charge is 0.0761 e. The van der Waals surface area contributed by atoms with Gasteiger partial charge in [-0.1, -0.05) is 36.5 Å². The SMILES string of the molecule is CCC(C)(C(O)Cc1cc(Cl)ccc1Cl)N1CCCCC1. The van der Waals surface area contributed by atoms with Crippen LogP contribution in [-0.4, -0.2) is 34.7 Å². The lowest BCUT2D eigenvalue weighted by Crippen LogP contribution is -2.56. The van der Waals surface area contributed by atoms with Crippen LogP contribution in [0.25, 0.3) is 0 Å². The minimum Gasteiger partial charge on any atom is -0.391 e. The molecule has 4 heteroatoms. The Labute approximate surface area is 138 Å². The van der Waals surface area contributed by atoms with E-state index in [-0.39, 0.29) is 5.54 Å². The lowest BCUT2D eigenvalue weighted by molar-refractivity contribution is -0.0328. The summed E-state index contributed by atoms with van der Waals surface area (Å²) in [5.74, 6) is 0. The normalized spacial score (nSPS) is 21.0. The molecule has 2 nitrogen and oxygen atoms in total. The minimum absolute atomic E-state index is 0.202. The van der Waals surface area contributed by atoms with E-state index in [4.69, 9.17) is 23.2 Å². The van der Waals surface area contributed by atoms with Crippen LogP contribution in [0.2, 0.25) is 10.0 Å². The summed E-state index contributed by atoms with van der Waals surface area (Å²) in [6.45, 7) is 6.47. The monoisotopic (exact) mass is 329 g/mol. The Hall–Kier alpha value is -0.280. The molecule has 0 radical (unpaired) electrons. The zero-order chi connectivity index (χ0) is 15.5. The van der Waals surface area contributed by atoms with Crippen molar-refractivity contribution in [3.63, 3.8) is 0 Å². The van der Waals surface area contributed by atoms with Gasteiger partial charge in [-0.25, -0.2) is 0 Å². The van der Waals surface area contributed by atoms with E-state index < -0.39 is 6.10 Å². The summed E-state index contributed by atoms with van der Waals surface area (Å²) in [4.78, 5) is 2.44. The van der Waals surface area contributed by atoms with Crippen molar-refractivity contribution >= 4 is 23.2 Å². The van der Waals surface area contributed by atoms with Gasteiger partial charge in [0.2, 0.25) is 0 Å². The van der Waals surface area contributed by atoms with Gasteiger partial charge in [-0.05, 0) is 63.0 Å². The molecular weight excluding hydrogens is 305 g/mol. The average molecular weight is 330 g/mol. The van der Waals surface area contributed by atoms with Crippen molar-refractivity contribution in [3.05, 3.63) is 33.8 Å². The maximum atomic E-state index is 10.8. The van der Waals surface area contributed by atoms with Gasteiger partial charge in [0, 0.05) is 22.0 Å². The molecule has 2 atom stereocenters. The molecule has 2 rings (SSSR count). The van der Waals surface area contributed by atoms with Crippen LogP contribution < -0.4 is 0 Å². The van der Waals surface area contributed by atoms with E-state index in [9.17, 15) is 5.11 Å². The minimum atomic E-state index is -0.448. The van der Waals surface area contributed by atoms with E-state index in [0.29, 0.717) is 16.5 Å². The van der Waals surface area contributed by atoms with E-state index >= 15 is 0 Å². The lowest BCUT2D eigenvalue weighted by atomic mass is 9.84. The summed E-state index contributed by atoms with van der Waals surface area (Å²) in [6.07, 6.45) is 4.76. The number of rotatable bonds is 5. The first-order valence-electron chi connectivity index (χ1n) is 7.84. The Bertz CT molecular complexity index is 474. The molecule has 1 aliphatic rings. The summed E-state index contributed by atoms with van der Waals surface area (Å²) in [7, 11) is 0. The third kappa shape index (κ3) is 3.92. The molecule has 0 spiro atoms. The number of halogens is 2. The fourth-order valence-electron chi connectivity index (χ4n) is 3.20. The van der Waals surface area contributed by atoms with E-state index in [0.717, 1.165) is 25.1 Å². The number of benzene rings is 1. The van der Waals surface area contributed by atoms with Gasteiger partial charge in [-0.2, -0.15) is 0 Å². The maximum Gasteiger partial charge on any atom is 0.0761 e. The van der Waals surface area contributed by atoms with Gasteiger partial charge in [0.25, 0.3) is 0 Å². The van der Waals surface area contributed by atoms with Crippen LogP contribution in [0.1, 0.15) is 45.1 Å². The molecule has 1 N–H and O–H groups in total. The fraction of sp³-hybridized carbons (Fsp3) is 0.647. The molecule has 0 aromatic heterocycles. The van der Waals surface area contributed by atoms with Crippen molar-refractivity contribution < 1.29 is 5.11 Å². The Morgan fingerprint density at radius 3 is 2.52 bits per heavy atom.